The number of amides is 2. The molecule has 2 aromatic rings. The summed E-state index contributed by atoms with van der Waals surface area (Å²) in [6.07, 6.45) is 4.91. The molecule has 0 radical (unpaired) electrons. The van der Waals surface area contributed by atoms with Crippen LogP contribution in [0.3, 0.4) is 0 Å². The Morgan fingerprint density at radius 1 is 1.12 bits per heavy atom. The fourth-order valence-electron chi connectivity index (χ4n) is 3.53. The van der Waals surface area contributed by atoms with E-state index in [0.717, 1.165) is 24.2 Å². The van der Waals surface area contributed by atoms with Crippen LogP contribution in [-0.4, -0.2) is 46.9 Å². The van der Waals surface area contributed by atoms with Crippen LogP contribution in [0.25, 0.3) is 0 Å². The van der Waals surface area contributed by atoms with Gasteiger partial charge >= 0.3 is 0 Å². The molecule has 0 bridgehead atoms. The van der Waals surface area contributed by atoms with Crippen LogP contribution in [0.4, 0.5) is 0 Å². The van der Waals surface area contributed by atoms with Crippen LogP contribution in [0.15, 0.2) is 48.8 Å². The van der Waals surface area contributed by atoms with E-state index in [9.17, 15) is 9.59 Å². The third-order valence-electron chi connectivity index (χ3n) is 4.99. The maximum atomic E-state index is 12.7. The lowest BCUT2D eigenvalue weighted by Crippen LogP contribution is -2.50. The Morgan fingerprint density at radius 2 is 1.92 bits per heavy atom. The molecule has 0 spiro atoms. The Labute approximate surface area is 152 Å². The molecule has 4 rings (SSSR count). The van der Waals surface area contributed by atoms with E-state index in [1.165, 1.54) is 0 Å². The summed E-state index contributed by atoms with van der Waals surface area (Å²) in [5, 5.41) is 3.03. The molecule has 1 saturated heterocycles. The smallest absolute Gasteiger partial charge is 0.263 e. The lowest BCUT2D eigenvalue weighted by atomic mass is 10.0. The van der Waals surface area contributed by atoms with Gasteiger partial charge in [-0.3, -0.25) is 14.6 Å². The SMILES string of the molecule is O=C(NC1CCN(C(=O)C2Cc3ccccc3O2)CC1)c1cccnc1. The molecule has 134 valence electrons. The Bertz CT molecular complexity index is 776. The Kier molecular flexibility index (Phi) is 4.56. The maximum Gasteiger partial charge on any atom is 0.263 e. The number of ether oxygens (including phenoxy) is 1. The molecule has 6 heteroatoms. The highest BCUT2D eigenvalue weighted by atomic mass is 16.5. The van der Waals surface area contributed by atoms with E-state index in [1.807, 2.05) is 29.2 Å². The molecule has 3 heterocycles. The first-order chi connectivity index (χ1) is 12.7. The third kappa shape index (κ3) is 3.40. The van der Waals surface area contributed by atoms with Crippen molar-refractivity contribution in [1.82, 2.24) is 15.2 Å². The van der Waals surface area contributed by atoms with E-state index < -0.39 is 6.10 Å². The number of carbonyl (C=O) groups is 2. The van der Waals surface area contributed by atoms with E-state index in [-0.39, 0.29) is 17.9 Å². The minimum atomic E-state index is -0.422. The first-order valence-corrected chi connectivity index (χ1v) is 8.95. The molecule has 1 aromatic heterocycles. The van der Waals surface area contributed by atoms with Crippen molar-refractivity contribution < 1.29 is 14.3 Å². The second-order valence-corrected chi connectivity index (χ2v) is 6.73. The lowest BCUT2D eigenvalue weighted by Gasteiger charge is -2.33. The van der Waals surface area contributed by atoms with E-state index >= 15 is 0 Å². The summed E-state index contributed by atoms with van der Waals surface area (Å²) in [5.74, 6) is 0.736. The summed E-state index contributed by atoms with van der Waals surface area (Å²) in [6, 6.07) is 11.4. The number of rotatable bonds is 3. The highest BCUT2D eigenvalue weighted by Crippen LogP contribution is 2.29. The standard InChI is InChI=1S/C20H21N3O3/c24-19(15-5-3-9-21-13-15)22-16-7-10-23(11-8-16)20(25)18-12-14-4-1-2-6-17(14)26-18/h1-6,9,13,16,18H,7-8,10-12H2,(H,22,24). The molecular formula is C20H21N3O3. The number of pyridine rings is 1. The summed E-state index contributed by atoms with van der Waals surface area (Å²) in [5.41, 5.74) is 1.65. The van der Waals surface area contributed by atoms with Gasteiger partial charge < -0.3 is 15.0 Å². The number of aromatic nitrogens is 1. The number of nitrogens with one attached hydrogen (secondary N) is 1. The lowest BCUT2D eigenvalue weighted by molar-refractivity contribution is -0.139. The number of fused-ring (bicyclic) bond motifs is 1. The van der Waals surface area contributed by atoms with Gasteiger partial charge in [0.2, 0.25) is 0 Å². The zero-order valence-corrected chi connectivity index (χ0v) is 14.4. The molecule has 1 N–H and O–H groups in total. The zero-order valence-electron chi connectivity index (χ0n) is 14.4. The second kappa shape index (κ2) is 7.15. The van der Waals surface area contributed by atoms with E-state index in [2.05, 4.69) is 10.3 Å². The first-order valence-electron chi connectivity index (χ1n) is 8.95. The molecule has 0 saturated carbocycles. The predicted molar refractivity (Wildman–Crippen MR) is 95.9 cm³/mol. The van der Waals surface area contributed by atoms with Crippen LogP contribution in [-0.2, 0) is 11.2 Å². The van der Waals surface area contributed by atoms with Crippen LogP contribution in [0.2, 0.25) is 0 Å². The van der Waals surface area contributed by atoms with Gasteiger partial charge in [0.15, 0.2) is 6.10 Å². The van der Waals surface area contributed by atoms with Gasteiger partial charge in [-0.15, -0.1) is 0 Å². The largest absolute Gasteiger partial charge is 0.480 e. The van der Waals surface area contributed by atoms with Gasteiger partial charge in [0.05, 0.1) is 5.56 Å². The van der Waals surface area contributed by atoms with Crippen molar-refractivity contribution in [2.75, 3.05) is 13.1 Å². The molecule has 26 heavy (non-hydrogen) atoms. The molecule has 1 aromatic carbocycles. The summed E-state index contributed by atoms with van der Waals surface area (Å²) in [4.78, 5) is 30.8. The number of benzene rings is 1. The van der Waals surface area contributed by atoms with E-state index in [1.54, 1.807) is 24.5 Å². The molecular weight excluding hydrogens is 330 g/mol. The molecule has 6 nitrogen and oxygen atoms in total. The normalized spacial score (nSPS) is 19.5. The predicted octanol–water partition coefficient (Wildman–Crippen LogP) is 1.81. The highest BCUT2D eigenvalue weighted by molar-refractivity contribution is 5.94. The summed E-state index contributed by atoms with van der Waals surface area (Å²) in [7, 11) is 0. The van der Waals surface area contributed by atoms with Crippen LogP contribution in [0.1, 0.15) is 28.8 Å². The number of hydrogen-bond donors (Lipinski definition) is 1. The molecule has 0 aliphatic carbocycles. The van der Waals surface area contributed by atoms with Crippen LogP contribution in [0, 0.1) is 0 Å². The molecule has 2 amide bonds. The zero-order chi connectivity index (χ0) is 17.9. The number of likely N-dealkylation sites (tertiary alicyclic amines) is 1. The van der Waals surface area contributed by atoms with Crippen molar-refractivity contribution in [1.29, 1.82) is 0 Å². The van der Waals surface area contributed by atoms with Crippen molar-refractivity contribution in [2.24, 2.45) is 0 Å². The number of carbonyl (C=O) groups excluding carboxylic acids is 2. The van der Waals surface area contributed by atoms with Gasteiger partial charge in [0.25, 0.3) is 11.8 Å². The van der Waals surface area contributed by atoms with E-state index in [0.29, 0.717) is 25.1 Å². The Hall–Kier alpha value is -2.89. The summed E-state index contributed by atoms with van der Waals surface area (Å²) >= 11 is 0. The second-order valence-electron chi connectivity index (χ2n) is 6.73. The highest BCUT2D eigenvalue weighted by Gasteiger charge is 2.34. The summed E-state index contributed by atoms with van der Waals surface area (Å²) < 4.78 is 5.80. The molecule has 1 atom stereocenters. The van der Waals surface area contributed by atoms with Crippen molar-refractivity contribution in [3.8, 4) is 5.75 Å². The fourth-order valence-corrected chi connectivity index (χ4v) is 3.53. The first kappa shape index (κ1) is 16.6. The summed E-state index contributed by atoms with van der Waals surface area (Å²) in [6.45, 7) is 1.26. The van der Waals surface area contributed by atoms with Gasteiger partial charge in [-0.05, 0) is 36.6 Å². The topological polar surface area (TPSA) is 71.5 Å². The van der Waals surface area contributed by atoms with Crippen molar-refractivity contribution in [3.05, 3.63) is 59.9 Å². The monoisotopic (exact) mass is 351 g/mol. The molecule has 1 unspecified atom stereocenters. The third-order valence-corrected chi connectivity index (χ3v) is 4.99. The minimum Gasteiger partial charge on any atom is -0.480 e. The van der Waals surface area contributed by atoms with Gasteiger partial charge in [-0.2, -0.15) is 0 Å². The van der Waals surface area contributed by atoms with Gasteiger partial charge in [0.1, 0.15) is 5.75 Å². The van der Waals surface area contributed by atoms with E-state index in [4.69, 9.17) is 4.74 Å². The van der Waals surface area contributed by atoms with Crippen molar-refractivity contribution in [2.45, 2.75) is 31.4 Å². The van der Waals surface area contributed by atoms with Crippen LogP contribution < -0.4 is 10.1 Å². The van der Waals surface area contributed by atoms with Crippen molar-refractivity contribution in [3.63, 3.8) is 0 Å². The fraction of sp³-hybridized carbons (Fsp3) is 0.350. The average molecular weight is 351 g/mol. The minimum absolute atomic E-state index is 0.0400. The van der Waals surface area contributed by atoms with Crippen molar-refractivity contribution >= 4 is 11.8 Å². The quantitative estimate of drug-likeness (QED) is 0.915. The van der Waals surface area contributed by atoms with Gasteiger partial charge in [0, 0.05) is 37.9 Å². The van der Waals surface area contributed by atoms with Crippen LogP contribution >= 0.6 is 0 Å². The number of nitrogens with zero attached hydrogens (tertiary/aromatic N) is 2. The van der Waals surface area contributed by atoms with Gasteiger partial charge in [-0.1, -0.05) is 18.2 Å². The molecule has 2 aliphatic heterocycles. The Balaban J connectivity index is 1.29. The number of piperidine rings is 1. The number of hydrogen-bond acceptors (Lipinski definition) is 4. The van der Waals surface area contributed by atoms with Gasteiger partial charge in [-0.25, -0.2) is 0 Å². The Morgan fingerprint density at radius 3 is 2.65 bits per heavy atom. The maximum absolute atomic E-state index is 12.7. The number of para-hydroxylation sites is 1. The average Bonchev–Trinajstić information content (AvgIpc) is 3.13. The van der Waals surface area contributed by atoms with Crippen LogP contribution in [0.5, 0.6) is 5.75 Å². The molecule has 1 fully saturated rings. The molecule has 2 aliphatic rings.